The molecule has 1 aromatic carbocycles. The first-order valence-electron chi connectivity index (χ1n) is 6.45. The lowest BCUT2D eigenvalue weighted by Gasteiger charge is -2.27. The van der Waals surface area contributed by atoms with Gasteiger partial charge in [0.1, 0.15) is 12.7 Å². The Morgan fingerprint density at radius 2 is 2.15 bits per heavy atom. The van der Waals surface area contributed by atoms with Gasteiger partial charge in [0.25, 0.3) is 0 Å². The number of rotatable bonds is 5. The van der Waals surface area contributed by atoms with Crippen molar-refractivity contribution in [2.45, 2.75) is 30.3 Å². The van der Waals surface area contributed by atoms with E-state index in [9.17, 15) is 8.42 Å². The van der Waals surface area contributed by atoms with Gasteiger partial charge in [0.05, 0.1) is 9.92 Å². The van der Waals surface area contributed by atoms with Crippen LogP contribution in [0.25, 0.3) is 0 Å². The first kappa shape index (κ1) is 15.4. The number of unbranched alkanes of at least 4 members (excludes halogenated alkanes) is 1. The number of hydrogen-bond donors (Lipinski definition) is 1. The Balaban J connectivity index is 2.20. The smallest absolute Gasteiger partial charge is 0.180 e. The Morgan fingerprint density at radius 3 is 2.80 bits per heavy atom. The zero-order chi connectivity index (χ0) is 14.8. The molecule has 0 bridgehead atoms. The molecule has 20 heavy (non-hydrogen) atoms. The van der Waals surface area contributed by atoms with Crippen LogP contribution in [0.2, 0.25) is 5.02 Å². The molecule has 0 unspecified atom stereocenters. The largest absolute Gasteiger partial charge is 0.484 e. The number of ether oxygens (including phenoxy) is 2. The molecule has 112 valence electrons. The Labute approximate surface area is 123 Å². The van der Waals surface area contributed by atoms with Gasteiger partial charge in [-0.2, -0.15) is 0 Å². The lowest BCUT2D eigenvalue weighted by molar-refractivity contribution is 0.0828. The monoisotopic (exact) mass is 319 g/mol. The SMILES string of the molecule is CS(=O)(=O)c1cc(Cl)c2c(c1)O[C@@H](CCCCN)CO2. The minimum absolute atomic E-state index is 0.0973. The summed E-state index contributed by atoms with van der Waals surface area (Å²) in [5, 5.41) is 0.253. The van der Waals surface area contributed by atoms with E-state index >= 15 is 0 Å². The molecule has 0 amide bonds. The van der Waals surface area contributed by atoms with Crippen LogP contribution in [0, 0.1) is 0 Å². The Morgan fingerprint density at radius 1 is 1.40 bits per heavy atom. The van der Waals surface area contributed by atoms with E-state index in [1.807, 2.05) is 0 Å². The highest BCUT2D eigenvalue weighted by Crippen LogP contribution is 2.41. The van der Waals surface area contributed by atoms with E-state index in [4.69, 9.17) is 26.8 Å². The van der Waals surface area contributed by atoms with Crippen LogP contribution in [-0.4, -0.2) is 33.9 Å². The Hall–Kier alpha value is -0.980. The van der Waals surface area contributed by atoms with E-state index in [2.05, 4.69) is 0 Å². The Kier molecular flexibility index (Phi) is 4.78. The summed E-state index contributed by atoms with van der Waals surface area (Å²) < 4.78 is 34.6. The third-order valence-electron chi connectivity index (χ3n) is 3.10. The molecule has 0 spiro atoms. The highest BCUT2D eigenvalue weighted by atomic mass is 35.5. The lowest BCUT2D eigenvalue weighted by Crippen LogP contribution is -2.29. The molecule has 2 rings (SSSR count). The number of nitrogens with two attached hydrogens (primary N) is 1. The van der Waals surface area contributed by atoms with Gasteiger partial charge in [-0.05, 0) is 31.9 Å². The molecule has 0 saturated carbocycles. The van der Waals surface area contributed by atoms with E-state index in [0.717, 1.165) is 25.5 Å². The maximum Gasteiger partial charge on any atom is 0.180 e. The molecular formula is C13H18ClNO4S. The first-order chi connectivity index (χ1) is 9.41. The summed E-state index contributed by atoms with van der Waals surface area (Å²) >= 11 is 6.04. The van der Waals surface area contributed by atoms with Crippen molar-refractivity contribution in [3.63, 3.8) is 0 Å². The highest BCUT2D eigenvalue weighted by Gasteiger charge is 2.25. The van der Waals surface area contributed by atoms with Crippen LogP contribution < -0.4 is 15.2 Å². The summed E-state index contributed by atoms with van der Waals surface area (Å²) in [6.45, 7) is 1.06. The topological polar surface area (TPSA) is 78.6 Å². The van der Waals surface area contributed by atoms with Crippen LogP contribution in [0.4, 0.5) is 0 Å². The first-order valence-corrected chi connectivity index (χ1v) is 8.72. The van der Waals surface area contributed by atoms with Crippen molar-refractivity contribution in [1.29, 1.82) is 0 Å². The molecule has 0 fully saturated rings. The standard InChI is InChI=1S/C13H18ClNO4S/c1-20(16,17)10-6-11(14)13-12(7-10)19-9(8-18-13)4-2-3-5-15/h6-7,9H,2-5,8,15H2,1H3/t9-/m0/s1. The molecule has 0 saturated heterocycles. The van der Waals surface area contributed by atoms with E-state index in [1.165, 1.54) is 12.1 Å². The van der Waals surface area contributed by atoms with Gasteiger partial charge in [-0.15, -0.1) is 0 Å². The van der Waals surface area contributed by atoms with Crippen LogP contribution in [-0.2, 0) is 9.84 Å². The van der Waals surface area contributed by atoms with E-state index in [0.29, 0.717) is 24.7 Å². The molecular weight excluding hydrogens is 302 g/mol. The number of fused-ring (bicyclic) bond motifs is 1. The fourth-order valence-corrected chi connectivity index (χ4v) is 3.02. The minimum atomic E-state index is -3.33. The normalized spacial score (nSPS) is 18.1. The zero-order valence-electron chi connectivity index (χ0n) is 11.3. The molecule has 5 nitrogen and oxygen atoms in total. The summed E-state index contributed by atoms with van der Waals surface area (Å²) in [6, 6.07) is 2.85. The van der Waals surface area contributed by atoms with Crippen LogP contribution in [0.5, 0.6) is 11.5 Å². The second-order valence-electron chi connectivity index (χ2n) is 4.84. The van der Waals surface area contributed by atoms with Gasteiger partial charge in [0.15, 0.2) is 21.3 Å². The van der Waals surface area contributed by atoms with Crippen molar-refractivity contribution in [2.24, 2.45) is 5.73 Å². The van der Waals surface area contributed by atoms with Gasteiger partial charge in [-0.25, -0.2) is 8.42 Å². The van der Waals surface area contributed by atoms with Crippen molar-refractivity contribution in [1.82, 2.24) is 0 Å². The van der Waals surface area contributed by atoms with E-state index in [-0.39, 0.29) is 16.0 Å². The van der Waals surface area contributed by atoms with Crippen LogP contribution in [0.3, 0.4) is 0 Å². The average Bonchev–Trinajstić information content (AvgIpc) is 2.37. The van der Waals surface area contributed by atoms with Crippen LogP contribution >= 0.6 is 11.6 Å². The molecule has 1 heterocycles. The van der Waals surface area contributed by atoms with Crippen LogP contribution in [0.1, 0.15) is 19.3 Å². The molecule has 1 aliphatic heterocycles. The van der Waals surface area contributed by atoms with Gasteiger partial charge < -0.3 is 15.2 Å². The third kappa shape index (κ3) is 3.56. The van der Waals surface area contributed by atoms with Gasteiger partial charge in [-0.1, -0.05) is 11.6 Å². The summed E-state index contributed by atoms with van der Waals surface area (Å²) in [5.74, 6) is 0.802. The van der Waals surface area contributed by atoms with Gasteiger partial charge in [0, 0.05) is 12.3 Å². The molecule has 0 aromatic heterocycles. The average molecular weight is 320 g/mol. The maximum absolute atomic E-state index is 11.6. The maximum atomic E-state index is 11.6. The number of sulfone groups is 1. The molecule has 1 aliphatic rings. The predicted molar refractivity (Wildman–Crippen MR) is 77.4 cm³/mol. The van der Waals surface area contributed by atoms with Gasteiger partial charge in [0.2, 0.25) is 0 Å². The summed E-state index contributed by atoms with van der Waals surface area (Å²) in [4.78, 5) is 0.132. The van der Waals surface area contributed by atoms with Crippen molar-refractivity contribution >= 4 is 21.4 Å². The second-order valence-corrected chi connectivity index (χ2v) is 7.26. The second kappa shape index (κ2) is 6.20. The third-order valence-corrected chi connectivity index (χ3v) is 4.47. The predicted octanol–water partition coefficient (Wildman–Crippen LogP) is 2.01. The Bertz CT molecular complexity index is 588. The number of hydrogen-bond acceptors (Lipinski definition) is 5. The van der Waals surface area contributed by atoms with Crippen molar-refractivity contribution < 1.29 is 17.9 Å². The zero-order valence-corrected chi connectivity index (χ0v) is 12.8. The summed E-state index contributed by atoms with van der Waals surface area (Å²) in [5.41, 5.74) is 5.45. The summed E-state index contributed by atoms with van der Waals surface area (Å²) in [6.07, 6.45) is 3.72. The van der Waals surface area contributed by atoms with Gasteiger partial charge in [-0.3, -0.25) is 0 Å². The van der Waals surface area contributed by atoms with Gasteiger partial charge >= 0.3 is 0 Å². The highest BCUT2D eigenvalue weighted by molar-refractivity contribution is 7.90. The number of benzene rings is 1. The molecule has 2 N–H and O–H groups in total. The molecule has 1 aromatic rings. The van der Waals surface area contributed by atoms with Crippen molar-refractivity contribution in [3.8, 4) is 11.5 Å². The molecule has 0 radical (unpaired) electrons. The van der Waals surface area contributed by atoms with E-state index < -0.39 is 9.84 Å². The quantitative estimate of drug-likeness (QED) is 0.840. The summed E-state index contributed by atoms with van der Waals surface area (Å²) in [7, 11) is -3.33. The van der Waals surface area contributed by atoms with Crippen LogP contribution in [0.15, 0.2) is 17.0 Å². The fourth-order valence-electron chi connectivity index (χ4n) is 2.03. The minimum Gasteiger partial charge on any atom is -0.484 e. The lowest BCUT2D eigenvalue weighted by atomic mass is 10.1. The molecule has 7 heteroatoms. The molecule has 1 atom stereocenters. The number of halogens is 1. The molecule has 0 aliphatic carbocycles. The van der Waals surface area contributed by atoms with E-state index in [1.54, 1.807) is 0 Å². The van der Waals surface area contributed by atoms with Crippen molar-refractivity contribution in [3.05, 3.63) is 17.2 Å². The van der Waals surface area contributed by atoms with Crippen molar-refractivity contribution in [2.75, 3.05) is 19.4 Å². The fraction of sp³-hybridized carbons (Fsp3) is 0.538.